The lowest BCUT2D eigenvalue weighted by molar-refractivity contribution is 0.178. The van der Waals surface area contributed by atoms with Gasteiger partial charge in [-0.2, -0.15) is 0 Å². The summed E-state index contributed by atoms with van der Waals surface area (Å²) in [7, 11) is 9.86. The fourth-order valence-corrected chi connectivity index (χ4v) is 3.14. The maximum absolute atomic E-state index is 6.19. The van der Waals surface area contributed by atoms with Crippen LogP contribution in [0.15, 0.2) is 29.3 Å². The highest BCUT2D eigenvalue weighted by Gasteiger charge is 2.22. The quantitative estimate of drug-likeness (QED) is 0.450. The first-order chi connectivity index (χ1) is 13.0. The number of fused-ring (bicyclic) bond motifs is 1. The zero-order chi connectivity index (χ0) is 19.4. The number of rotatable bonds is 6. The molecule has 1 aliphatic carbocycles. The Bertz CT molecular complexity index is 838. The van der Waals surface area contributed by atoms with Crippen molar-refractivity contribution in [1.82, 2.24) is 9.88 Å². The van der Waals surface area contributed by atoms with Gasteiger partial charge in [-0.05, 0) is 61.5 Å². The molecule has 1 heterocycles. The van der Waals surface area contributed by atoms with Crippen molar-refractivity contribution in [2.75, 3.05) is 20.7 Å². The lowest BCUT2D eigenvalue weighted by Gasteiger charge is -2.26. The van der Waals surface area contributed by atoms with E-state index in [1.165, 1.54) is 11.1 Å². The number of nitrogens with zero attached hydrogens (tertiary/aromatic N) is 3. The van der Waals surface area contributed by atoms with E-state index in [4.69, 9.17) is 17.3 Å². The molecule has 0 N–H and O–H groups in total. The molecular formula is C21H26BN3O2. The van der Waals surface area contributed by atoms with Crippen LogP contribution in [0.5, 0.6) is 11.6 Å². The Morgan fingerprint density at radius 3 is 2.89 bits per heavy atom. The molecule has 6 heteroatoms. The summed E-state index contributed by atoms with van der Waals surface area (Å²) in [5.41, 5.74) is 4.72. The largest absolute Gasteiger partial charge is 0.497 e. The van der Waals surface area contributed by atoms with Crippen molar-refractivity contribution in [3.05, 3.63) is 41.1 Å². The lowest BCUT2D eigenvalue weighted by atomic mass is 9.89. The minimum Gasteiger partial charge on any atom is -0.497 e. The van der Waals surface area contributed by atoms with Gasteiger partial charge in [-0.15, -0.1) is 0 Å². The molecule has 140 valence electrons. The van der Waals surface area contributed by atoms with Gasteiger partial charge < -0.3 is 14.4 Å². The van der Waals surface area contributed by atoms with E-state index in [1.54, 1.807) is 13.4 Å². The van der Waals surface area contributed by atoms with E-state index in [9.17, 15) is 0 Å². The SMILES string of the molecule is [B]c1cc(N=CN(C)CC)c(C)nc1OC1CCc2cc(OC)ccc2C1. The van der Waals surface area contributed by atoms with Crippen LogP contribution in [0.3, 0.4) is 0 Å². The van der Waals surface area contributed by atoms with Crippen molar-refractivity contribution in [2.45, 2.75) is 39.2 Å². The molecule has 0 aliphatic heterocycles. The zero-order valence-electron chi connectivity index (χ0n) is 16.5. The molecule has 1 atom stereocenters. The van der Waals surface area contributed by atoms with E-state index < -0.39 is 0 Å². The average molecular weight is 363 g/mol. The second kappa shape index (κ2) is 8.46. The van der Waals surface area contributed by atoms with Gasteiger partial charge in [0, 0.05) is 20.0 Å². The number of benzene rings is 1. The Kier molecular flexibility index (Phi) is 6.04. The van der Waals surface area contributed by atoms with E-state index >= 15 is 0 Å². The molecule has 0 saturated heterocycles. The van der Waals surface area contributed by atoms with Gasteiger partial charge in [0.25, 0.3) is 0 Å². The topological polar surface area (TPSA) is 47.0 Å². The summed E-state index contributed by atoms with van der Waals surface area (Å²) >= 11 is 0. The summed E-state index contributed by atoms with van der Waals surface area (Å²) in [6, 6.07) is 8.06. The highest BCUT2D eigenvalue weighted by atomic mass is 16.5. The molecular weight excluding hydrogens is 337 g/mol. The molecule has 0 saturated carbocycles. The van der Waals surface area contributed by atoms with E-state index in [0.29, 0.717) is 11.3 Å². The first kappa shape index (κ1) is 19.3. The number of methoxy groups -OCH3 is 1. The molecule has 1 unspecified atom stereocenters. The molecule has 1 aromatic carbocycles. The molecule has 0 fully saturated rings. The van der Waals surface area contributed by atoms with Crippen LogP contribution >= 0.6 is 0 Å². The molecule has 5 nitrogen and oxygen atoms in total. The van der Waals surface area contributed by atoms with Crippen molar-refractivity contribution in [1.29, 1.82) is 0 Å². The van der Waals surface area contributed by atoms with E-state index in [1.807, 2.05) is 31.0 Å². The molecule has 27 heavy (non-hydrogen) atoms. The number of pyridine rings is 1. The summed E-state index contributed by atoms with van der Waals surface area (Å²) in [4.78, 5) is 11.0. The molecule has 2 aromatic rings. The van der Waals surface area contributed by atoms with Gasteiger partial charge in [0.15, 0.2) is 0 Å². The maximum atomic E-state index is 6.19. The van der Waals surface area contributed by atoms with Gasteiger partial charge in [0.05, 0.1) is 24.8 Å². The van der Waals surface area contributed by atoms with Crippen molar-refractivity contribution in [3.8, 4) is 11.6 Å². The molecule has 1 aliphatic rings. The number of hydrogen-bond acceptors (Lipinski definition) is 4. The Labute approximate surface area is 162 Å². The number of aryl methyl sites for hydroxylation is 2. The highest BCUT2D eigenvalue weighted by molar-refractivity contribution is 6.34. The third-order valence-electron chi connectivity index (χ3n) is 4.95. The predicted octanol–water partition coefficient (Wildman–Crippen LogP) is 2.74. The van der Waals surface area contributed by atoms with E-state index in [2.05, 4.69) is 29.0 Å². The van der Waals surface area contributed by atoms with Crippen LogP contribution in [0.2, 0.25) is 0 Å². The van der Waals surface area contributed by atoms with Crippen LogP contribution in [0.4, 0.5) is 5.69 Å². The minimum atomic E-state index is 0.0701. The van der Waals surface area contributed by atoms with Crippen LogP contribution in [-0.2, 0) is 12.8 Å². The minimum absolute atomic E-state index is 0.0701. The summed E-state index contributed by atoms with van der Waals surface area (Å²) < 4.78 is 11.5. The summed E-state index contributed by atoms with van der Waals surface area (Å²) in [6.07, 6.45) is 4.60. The van der Waals surface area contributed by atoms with Gasteiger partial charge in [0.2, 0.25) is 5.88 Å². The molecule has 0 bridgehead atoms. The fraction of sp³-hybridized carbons (Fsp3) is 0.429. The van der Waals surface area contributed by atoms with E-state index in [-0.39, 0.29) is 6.10 Å². The van der Waals surface area contributed by atoms with Crippen LogP contribution < -0.4 is 14.9 Å². The second-order valence-electron chi connectivity index (χ2n) is 6.92. The van der Waals surface area contributed by atoms with Gasteiger partial charge in [0.1, 0.15) is 19.7 Å². The number of aromatic nitrogens is 1. The third kappa shape index (κ3) is 4.62. The van der Waals surface area contributed by atoms with Crippen LogP contribution in [0.1, 0.15) is 30.2 Å². The molecule has 0 amide bonds. The van der Waals surface area contributed by atoms with Gasteiger partial charge in [-0.25, -0.2) is 9.98 Å². The molecule has 2 radical (unpaired) electrons. The average Bonchev–Trinajstić information content (AvgIpc) is 2.68. The smallest absolute Gasteiger partial charge is 0.206 e. The van der Waals surface area contributed by atoms with Crippen molar-refractivity contribution in [2.24, 2.45) is 4.99 Å². The molecule has 1 aromatic heterocycles. The van der Waals surface area contributed by atoms with Crippen molar-refractivity contribution >= 4 is 25.3 Å². The second-order valence-corrected chi connectivity index (χ2v) is 6.92. The monoisotopic (exact) mass is 363 g/mol. The summed E-state index contributed by atoms with van der Waals surface area (Å²) in [5, 5.41) is 0. The van der Waals surface area contributed by atoms with Crippen LogP contribution in [0.25, 0.3) is 0 Å². The first-order valence-corrected chi connectivity index (χ1v) is 9.34. The van der Waals surface area contributed by atoms with Crippen molar-refractivity contribution < 1.29 is 9.47 Å². The van der Waals surface area contributed by atoms with Crippen LogP contribution in [-0.4, -0.2) is 50.9 Å². The fourth-order valence-electron chi connectivity index (χ4n) is 3.14. The van der Waals surface area contributed by atoms with E-state index in [0.717, 1.165) is 42.9 Å². The Morgan fingerprint density at radius 2 is 2.15 bits per heavy atom. The Hall–Kier alpha value is -2.50. The number of aliphatic imine (C=N–C) groups is 1. The van der Waals surface area contributed by atoms with Gasteiger partial charge in [-0.1, -0.05) is 6.07 Å². The highest BCUT2D eigenvalue weighted by Crippen LogP contribution is 2.28. The molecule has 0 spiro atoms. The van der Waals surface area contributed by atoms with Gasteiger partial charge >= 0.3 is 0 Å². The lowest BCUT2D eigenvalue weighted by Crippen LogP contribution is -2.28. The van der Waals surface area contributed by atoms with Crippen molar-refractivity contribution in [3.63, 3.8) is 0 Å². The normalized spacial score (nSPS) is 16.2. The number of ether oxygens (including phenoxy) is 2. The summed E-state index contributed by atoms with van der Waals surface area (Å²) in [6.45, 7) is 4.88. The predicted molar refractivity (Wildman–Crippen MR) is 110 cm³/mol. The summed E-state index contributed by atoms with van der Waals surface area (Å²) in [5.74, 6) is 1.40. The maximum Gasteiger partial charge on any atom is 0.206 e. The number of hydrogen-bond donors (Lipinski definition) is 0. The Morgan fingerprint density at radius 1 is 1.33 bits per heavy atom. The third-order valence-corrected chi connectivity index (χ3v) is 4.95. The molecule has 3 rings (SSSR count). The van der Waals surface area contributed by atoms with Gasteiger partial charge in [-0.3, -0.25) is 0 Å². The Balaban J connectivity index is 1.72. The zero-order valence-corrected chi connectivity index (χ0v) is 16.5. The first-order valence-electron chi connectivity index (χ1n) is 9.34. The van der Waals surface area contributed by atoms with Crippen LogP contribution in [0, 0.1) is 6.92 Å². The standard InChI is InChI=1S/C21H26BN3O2/c1-5-25(3)13-23-20-12-19(22)21(24-14(20)2)27-18-9-7-15-10-17(26-4)8-6-16(15)11-18/h6,8,10,12-13,18H,5,7,9,11H2,1-4H3.